The van der Waals surface area contributed by atoms with Crippen LogP contribution in [0.2, 0.25) is 0 Å². The van der Waals surface area contributed by atoms with E-state index in [1.54, 1.807) is 0 Å². The average Bonchev–Trinajstić information content (AvgIpc) is 2.24. The SMILES string of the molecule is Cc1cc(C)c(N)c(N2CCCC[C@@H]2C)c1. The Bertz CT molecular complexity index is 385. The second-order valence-corrected chi connectivity index (χ2v) is 5.05. The molecule has 88 valence electrons. The monoisotopic (exact) mass is 218 g/mol. The number of hydrogen-bond acceptors (Lipinski definition) is 2. The molecule has 0 spiro atoms. The highest BCUT2D eigenvalue weighted by Gasteiger charge is 2.20. The van der Waals surface area contributed by atoms with Gasteiger partial charge in [0.2, 0.25) is 0 Å². The third-order valence-corrected chi connectivity index (χ3v) is 3.62. The van der Waals surface area contributed by atoms with Gasteiger partial charge in [0.1, 0.15) is 0 Å². The van der Waals surface area contributed by atoms with Gasteiger partial charge < -0.3 is 10.6 Å². The van der Waals surface area contributed by atoms with Crippen LogP contribution in [-0.2, 0) is 0 Å². The Morgan fingerprint density at radius 3 is 2.69 bits per heavy atom. The van der Waals surface area contributed by atoms with E-state index in [1.807, 2.05) is 0 Å². The number of aryl methyl sites for hydroxylation is 2. The van der Waals surface area contributed by atoms with Crippen LogP contribution in [0.4, 0.5) is 11.4 Å². The van der Waals surface area contributed by atoms with Crippen LogP contribution < -0.4 is 10.6 Å². The van der Waals surface area contributed by atoms with E-state index >= 15 is 0 Å². The average molecular weight is 218 g/mol. The Balaban J connectivity index is 2.38. The number of nitrogens with zero attached hydrogens (tertiary/aromatic N) is 1. The summed E-state index contributed by atoms with van der Waals surface area (Å²) in [4.78, 5) is 2.47. The van der Waals surface area contributed by atoms with Crippen molar-refractivity contribution in [2.24, 2.45) is 0 Å². The first kappa shape index (κ1) is 11.3. The lowest BCUT2D eigenvalue weighted by atomic mass is 10.0. The molecule has 2 nitrogen and oxygen atoms in total. The largest absolute Gasteiger partial charge is 0.397 e. The summed E-state index contributed by atoms with van der Waals surface area (Å²) in [5.74, 6) is 0. The maximum Gasteiger partial charge on any atom is 0.0607 e. The van der Waals surface area contributed by atoms with Gasteiger partial charge in [0.05, 0.1) is 11.4 Å². The number of benzene rings is 1. The quantitative estimate of drug-likeness (QED) is 0.733. The van der Waals surface area contributed by atoms with Gasteiger partial charge in [-0.05, 0) is 57.2 Å². The first-order valence-electron chi connectivity index (χ1n) is 6.23. The number of hydrogen-bond donors (Lipinski definition) is 1. The minimum atomic E-state index is 0.622. The van der Waals surface area contributed by atoms with Gasteiger partial charge in [-0.25, -0.2) is 0 Å². The van der Waals surface area contributed by atoms with Gasteiger partial charge in [0.15, 0.2) is 0 Å². The summed E-state index contributed by atoms with van der Waals surface area (Å²) in [6.45, 7) is 7.69. The predicted octanol–water partition coefficient (Wildman–Crippen LogP) is 3.26. The number of nitrogen functional groups attached to an aromatic ring is 1. The topological polar surface area (TPSA) is 29.3 Å². The molecule has 2 N–H and O–H groups in total. The van der Waals surface area contributed by atoms with Crippen LogP contribution in [0.1, 0.15) is 37.3 Å². The van der Waals surface area contributed by atoms with E-state index in [2.05, 4.69) is 37.8 Å². The molecule has 0 bridgehead atoms. The second-order valence-electron chi connectivity index (χ2n) is 5.05. The molecule has 2 heteroatoms. The number of rotatable bonds is 1. The van der Waals surface area contributed by atoms with Gasteiger partial charge in [-0.1, -0.05) is 6.07 Å². The molecule has 1 aromatic carbocycles. The summed E-state index contributed by atoms with van der Waals surface area (Å²) in [6.07, 6.45) is 3.92. The van der Waals surface area contributed by atoms with Gasteiger partial charge in [0, 0.05) is 12.6 Å². The third-order valence-electron chi connectivity index (χ3n) is 3.62. The van der Waals surface area contributed by atoms with Crippen molar-refractivity contribution in [3.8, 4) is 0 Å². The number of anilines is 2. The molecule has 16 heavy (non-hydrogen) atoms. The van der Waals surface area contributed by atoms with Crippen molar-refractivity contribution in [1.29, 1.82) is 0 Å². The molecule has 1 heterocycles. The Kier molecular flexibility index (Phi) is 3.08. The molecule has 1 atom stereocenters. The number of nitrogens with two attached hydrogens (primary N) is 1. The van der Waals surface area contributed by atoms with Gasteiger partial charge in [0.25, 0.3) is 0 Å². The first-order valence-corrected chi connectivity index (χ1v) is 6.23. The number of piperidine rings is 1. The second kappa shape index (κ2) is 4.36. The zero-order chi connectivity index (χ0) is 11.7. The van der Waals surface area contributed by atoms with E-state index in [-0.39, 0.29) is 0 Å². The highest BCUT2D eigenvalue weighted by Crippen LogP contribution is 2.32. The lowest BCUT2D eigenvalue weighted by Gasteiger charge is -2.36. The molecule has 0 radical (unpaired) electrons. The highest BCUT2D eigenvalue weighted by molar-refractivity contribution is 5.72. The van der Waals surface area contributed by atoms with E-state index in [0.717, 1.165) is 12.2 Å². The molecule has 1 aliphatic rings. The van der Waals surface area contributed by atoms with Crippen LogP contribution in [0.15, 0.2) is 12.1 Å². The summed E-state index contributed by atoms with van der Waals surface area (Å²) in [6, 6.07) is 5.01. The van der Waals surface area contributed by atoms with Crippen LogP contribution >= 0.6 is 0 Å². The van der Waals surface area contributed by atoms with Gasteiger partial charge in [-0.2, -0.15) is 0 Å². The Morgan fingerprint density at radius 1 is 1.25 bits per heavy atom. The standard InChI is InChI=1S/C14H22N2/c1-10-8-11(2)14(15)13(9-10)16-7-5-4-6-12(16)3/h8-9,12H,4-7,15H2,1-3H3/t12-/m0/s1. The molecule has 0 saturated carbocycles. The van der Waals surface area contributed by atoms with Gasteiger partial charge >= 0.3 is 0 Å². The Hall–Kier alpha value is -1.18. The lowest BCUT2D eigenvalue weighted by molar-refractivity contribution is 0.485. The van der Waals surface area contributed by atoms with Crippen LogP contribution in [0.5, 0.6) is 0 Å². The molecule has 0 aliphatic carbocycles. The lowest BCUT2D eigenvalue weighted by Crippen LogP contribution is -2.38. The Labute approximate surface area is 98.4 Å². The van der Waals surface area contributed by atoms with E-state index in [4.69, 9.17) is 5.73 Å². The van der Waals surface area contributed by atoms with Crippen molar-refractivity contribution < 1.29 is 0 Å². The van der Waals surface area contributed by atoms with E-state index in [1.165, 1.54) is 36.1 Å². The minimum absolute atomic E-state index is 0.622. The van der Waals surface area contributed by atoms with Crippen molar-refractivity contribution in [1.82, 2.24) is 0 Å². The van der Waals surface area contributed by atoms with Gasteiger partial charge in [-0.15, -0.1) is 0 Å². The fraction of sp³-hybridized carbons (Fsp3) is 0.571. The molecule has 0 unspecified atom stereocenters. The zero-order valence-electron chi connectivity index (χ0n) is 10.6. The molecule has 1 saturated heterocycles. The van der Waals surface area contributed by atoms with E-state index < -0.39 is 0 Å². The molecular formula is C14H22N2. The maximum atomic E-state index is 6.20. The van der Waals surface area contributed by atoms with Crippen LogP contribution in [-0.4, -0.2) is 12.6 Å². The molecule has 2 rings (SSSR count). The van der Waals surface area contributed by atoms with E-state index in [0.29, 0.717) is 6.04 Å². The van der Waals surface area contributed by atoms with Crippen molar-refractivity contribution in [2.75, 3.05) is 17.2 Å². The van der Waals surface area contributed by atoms with Crippen LogP contribution in [0.3, 0.4) is 0 Å². The molecule has 1 aromatic rings. The zero-order valence-corrected chi connectivity index (χ0v) is 10.6. The first-order chi connectivity index (χ1) is 7.59. The summed E-state index contributed by atoms with van der Waals surface area (Å²) in [5.41, 5.74) is 10.9. The highest BCUT2D eigenvalue weighted by atomic mass is 15.2. The minimum Gasteiger partial charge on any atom is -0.397 e. The smallest absolute Gasteiger partial charge is 0.0607 e. The Morgan fingerprint density at radius 2 is 2.00 bits per heavy atom. The van der Waals surface area contributed by atoms with Crippen molar-refractivity contribution >= 4 is 11.4 Å². The normalized spacial score (nSPS) is 21.2. The van der Waals surface area contributed by atoms with Crippen molar-refractivity contribution in [3.63, 3.8) is 0 Å². The predicted molar refractivity (Wildman–Crippen MR) is 71.0 cm³/mol. The van der Waals surface area contributed by atoms with Crippen molar-refractivity contribution in [3.05, 3.63) is 23.3 Å². The van der Waals surface area contributed by atoms with Gasteiger partial charge in [-0.3, -0.25) is 0 Å². The van der Waals surface area contributed by atoms with E-state index in [9.17, 15) is 0 Å². The summed E-state index contributed by atoms with van der Waals surface area (Å²) >= 11 is 0. The molecule has 1 fully saturated rings. The molecular weight excluding hydrogens is 196 g/mol. The molecule has 1 aliphatic heterocycles. The fourth-order valence-corrected chi connectivity index (χ4v) is 2.65. The van der Waals surface area contributed by atoms with Crippen LogP contribution in [0, 0.1) is 13.8 Å². The maximum absolute atomic E-state index is 6.20. The summed E-state index contributed by atoms with van der Waals surface area (Å²) < 4.78 is 0. The molecule has 0 amide bonds. The van der Waals surface area contributed by atoms with Crippen LogP contribution in [0.25, 0.3) is 0 Å². The third kappa shape index (κ3) is 2.01. The molecule has 0 aromatic heterocycles. The summed E-state index contributed by atoms with van der Waals surface area (Å²) in [5, 5.41) is 0. The fourth-order valence-electron chi connectivity index (χ4n) is 2.65. The van der Waals surface area contributed by atoms with Crippen molar-refractivity contribution in [2.45, 2.75) is 46.1 Å². The summed E-state index contributed by atoms with van der Waals surface area (Å²) in [7, 11) is 0.